The van der Waals surface area contributed by atoms with E-state index in [1.165, 1.54) is 54.4 Å². The molecule has 0 atom stereocenters. The van der Waals surface area contributed by atoms with E-state index in [0.29, 0.717) is 25.3 Å². The van der Waals surface area contributed by atoms with Gasteiger partial charge in [-0.15, -0.1) is 63.7 Å². The summed E-state index contributed by atoms with van der Waals surface area (Å²) >= 11 is 0. The highest BCUT2D eigenvalue weighted by molar-refractivity contribution is 6.10. The molecule has 0 aliphatic carbocycles. The standard InChI is InChI=1S/C20H13N.C19H15N.C16H13NO.C15H11N.C11H8O.C10H6.C8H6/c1-2-15-11-13-16(14-12-15)21-19-9-5-3-7-17(19)18-8-4-6-10-20(18)21;1-2-15-20(17-11-4-3-5-12-17)19-14-8-10-16-9-6-7-13-18(16)19;1-2-3-12-17-13-8-4-6-10-15(13)18-16-11-7-5-9-14(16)17;1-2-11-16-14-9-5-3-7-12(14)13-8-4-6-10-15(13)16;1-3-8-12-11-7-5-6-10(4-2)9-11;1-3-9-6-5-7-10(4-2)8-9;1-2-8-6-4-3-5-7-8/h1,3-14H;1,3-14H,15H2;1,4-11H,3,12H2;1,3-10H,11H2;1-2,5-7,9H,8H2;1-2,5-8H;1,3-7H. The van der Waals surface area contributed by atoms with Crippen molar-refractivity contribution in [3.05, 3.63) is 349 Å². The zero-order valence-corrected chi connectivity index (χ0v) is 57.9. The molecule has 0 bridgehead atoms. The van der Waals surface area contributed by atoms with Gasteiger partial charge in [-0.2, -0.15) is 0 Å². The fraction of sp³-hybridized carbons (Fsp3) is 0.0505. The van der Waals surface area contributed by atoms with Crippen LogP contribution in [0.1, 0.15) is 34.2 Å². The maximum Gasteiger partial charge on any atom is 0.151 e. The summed E-state index contributed by atoms with van der Waals surface area (Å²) in [4.78, 5) is 4.39. The zero-order valence-electron chi connectivity index (χ0n) is 57.9. The minimum absolute atomic E-state index is 0.272. The lowest BCUT2D eigenvalue weighted by molar-refractivity contribution is 0.370. The Morgan fingerprint density at radius 3 is 1.29 bits per heavy atom. The third kappa shape index (κ3) is 18.6. The van der Waals surface area contributed by atoms with Gasteiger partial charge < -0.3 is 28.4 Å². The van der Waals surface area contributed by atoms with Crippen molar-refractivity contribution < 1.29 is 9.47 Å². The van der Waals surface area contributed by atoms with Crippen LogP contribution in [0.15, 0.2) is 322 Å². The molecule has 0 saturated heterocycles. The van der Waals surface area contributed by atoms with E-state index in [-0.39, 0.29) is 6.61 Å². The third-order valence-electron chi connectivity index (χ3n) is 16.6. The van der Waals surface area contributed by atoms with E-state index in [1.807, 2.05) is 146 Å². The van der Waals surface area contributed by atoms with Crippen molar-refractivity contribution in [2.75, 3.05) is 29.5 Å². The fourth-order valence-corrected chi connectivity index (χ4v) is 11.9. The number of aromatic nitrogens is 2. The van der Waals surface area contributed by atoms with Gasteiger partial charge in [0.15, 0.2) is 11.5 Å². The number of anilines is 4. The monoisotopic (exact) mass is 1350 g/mol. The molecule has 0 fully saturated rings. The van der Waals surface area contributed by atoms with Crippen LogP contribution in [-0.4, -0.2) is 28.8 Å². The molecule has 0 spiro atoms. The van der Waals surface area contributed by atoms with E-state index < -0.39 is 0 Å². The van der Waals surface area contributed by atoms with Gasteiger partial charge in [0.1, 0.15) is 12.4 Å². The maximum atomic E-state index is 5.89. The lowest BCUT2D eigenvalue weighted by Gasteiger charge is -2.32. The molecule has 0 N–H and O–H groups in total. The van der Waals surface area contributed by atoms with Gasteiger partial charge in [-0.05, 0) is 145 Å². The third-order valence-corrected chi connectivity index (χ3v) is 16.6. The van der Waals surface area contributed by atoms with Crippen molar-refractivity contribution in [3.8, 4) is 134 Å². The number of fused-ring (bicyclic) bond motifs is 9. The summed E-state index contributed by atoms with van der Waals surface area (Å²) in [6.45, 7) is 2.24. The molecule has 0 radical (unpaired) electrons. The molecule has 0 unspecified atom stereocenters. The van der Waals surface area contributed by atoms with Crippen LogP contribution in [0.2, 0.25) is 0 Å². The van der Waals surface area contributed by atoms with Crippen LogP contribution < -0.4 is 19.3 Å². The molecule has 2 aromatic heterocycles. The summed E-state index contributed by atoms with van der Waals surface area (Å²) in [7, 11) is 0. The SMILES string of the molecule is C#CCCN1c2ccccc2Oc2ccccc21.C#CCN(c1ccccc1)c1cccc2ccccc12.C#CCOc1cccc(C#C)c1.C#CCn1c2ccccc2c2ccccc21.C#Cc1ccc(-n2c3ccccc3c3ccccc32)cc1.C#Cc1cccc(C#C)c1.C#Cc1ccccc1. The van der Waals surface area contributed by atoms with E-state index >= 15 is 0 Å². The smallest absolute Gasteiger partial charge is 0.151 e. The largest absolute Gasteiger partial charge is 0.481 e. The molecule has 13 aromatic carbocycles. The molecular formula is C99H72N4O2. The van der Waals surface area contributed by atoms with Crippen molar-refractivity contribution >= 4 is 77.1 Å². The van der Waals surface area contributed by atoms with Crippen LogP contribution in [0, 0.1) is 111 Å². The first kappa shape index (κ1) is 72.7. The fourth-order valence-electron chi connectivity index (χ4n) is 11.9. The summed E-state index contributed by atoms with van der Waals surface area (Å²) in [6, 6.07) is 107. The maximum absolute atomic E-state index is 5.89. The Hall–Kier alpha value is -15.0. The molecule has 3 heterocycles. The highest BCUT2D eigenvalue weighted by atomic mass is 16.5. The quantitative estimate of drug-likeness (QED) is 0.135. The van der Waals surface area contributed by atoms with Gasteiger partial charge >= 0.3 is 0 Å². The van der Waals surface area contributed by atoms with Crippen molar-refractivity contribution in [3.63, 3.8) is 0 Å². The molecule has 16 rings (SSSR count). The molecule has 15 aromatic rings. The Balaban J connectivity index is 0.000000134. The second-order valence-corrected chi connectivity index (χ2v) is 23.2. The Morgan fingerprint density at radius 1 is 0.343 bits per heavy atom. The average molecular weight is 1350 g/mol. The Bertz CT molecular complexity index is 5670. The highest BCUT2D eigenvalue weighted by Crippen LogP contribution is 2.46. The van der Waals surface area contributed by atoms with E-state index in [1.54, 1.807) is 12.1 Å². The molecule has 500 valence electrons. The summed E-state index contributed by atoms with van der Waals surface area (Å²) in [5, 5.41) is 7.53. The number of para-hydroxylation sites is 9. The number of terminal acetylenes is 9. The minimum Gasteiger partial charge on any atom is -0.481 e. The van der Waals surface area contributed by atoms with Gasteiger partial charge in [-0.3, -0.25) is 0 Å². The molecule has 0 saturated carbocycles. The van der Waals surface area contributed by atoms with Gasteiger partial charge in [-0.25, -0.2) is 0 Å². The number of nitrogens with zero attached hydrogens (tertiary/aromatic N) is 4. The Labute approximate surface area is 617 Å². The summed E-state index contributed by atoms with van der Waals surface area (Å²) in [5.41, 5.74) is 14.7. The zero-order chi connectivity index (χ0) is 73.4. The summed E-state index contributed by atoms with van der Waals surface area (Å²) in [6.07, 6.45) is 48.2. The van der Waals surface area contributed by atoms with E-state index in [2.05, 4.69) is 236 Å². The second-order valence-electron chi connectivity index (χ2n) is 23.2. The van der Waals surface area contributed by atoms with E-state index in [4.69, 9.17) is 67.3 Å². The van der Waals surface area contributed by atoms with Crippen LogP contribution in [0.3, 0.4) is 0 Å². The number of hydrogen-bond acceptors (Lipinski definition) is 4. The summed E-state index contributed by atoms with van der Waals surface area (Å²) in [5.74, 6) is 25.7. The van der Waals surface area contributed by atoms with Gasteiger partial charge in [0.2, 0.25) is 0 Å². The molecular weight excluding hydrogens is 1280 g/mol. The van der Waals surface area contributed by atoms with Gasteiger partial charge in [-0.1, -0.05) is 229 Å². The minimum atomic E-state index is 0.272. The second kappa shape index (κ2) is 37.8. The van der Waals surface area contributed by atoms with Crippen molar-refractivity contribution in [2.45, 2.75) is 13.0 Å². The van der Waals surface area contributed by atoms with Gasteiger partial charge in [0.25, 0.3) is 0 Å². The highest BCUT2D eigenvalue weighted by Gasteiger charge is 2.23. The molecule has 0 amide bonds. The first-order valence-electron chi connectivity index (χ1n) is 33.7. The van der Waals surface area contributed by atoms with E-state index in [0.717, 1.165) is 74.3 Å². The first-order valence-corrected chi connectivity index (χ1v) is 33.7. The average Bonchev–Trinajstić information content (AvgIpc) is 1.64. The molecule has 6 heteroatoms. The lowest BCUT2D eigenvalue weighted by atomic mass is 10.1. The van der Waals surface area contributed by atoms with Crippen LogP contribution in [-0.2, 0) is 6.54 Å². The Kier molecular flexibility index (Phi) is 26.2. The van der Waals surface area contributed by atoms with E-state index in [9.17, 15) is 0 Å². The topological polar surface area (TPSA) is 34.8 Å². The van der Waals surface area contributed by atoms with Crippen LogP contribution in [0.5, 0.6) is 17.2 Å². The normalized spacial score (nSPS) is 10.1. The molecule has 1 aliphatic rings. The summed E-state index contributed by atoms with van der Waals surface area (Å²) < 4.78 is 15.5. The van der Waals surface area contributed by atoms with Crippen LogP contribution >= 0.6 is 0 Å². The van der Waals surface area contributed by atoms with Crippen LogP contribution in [0.4, 0.5) is 22.7 Å². The number of hydrogen-bond donors (Lipinski definition) is 0. The predicted octanol–water partition coefficient (Wildman–Crippen LogP) is 21.8. The molecule has 1 aliphatic heterocycles. The number of ether oxygens (including phenoxy) is 2. The first-order chi connectivity index (χ1) is 51.8. The van der Waals surface area contributed by atoms with Crippen molar-refractivity contribution in [1.82, 2.24) is 9.13 Å². The number of rotatable bonds is 9. The predicted molar refractivity (Wildman–Crippen MR) is 442 cm³/mol. The lowest BCUT2D eigenvalue weighted by Crippen LogP contribution is -2.21. The van der Waals surface area contributed by atoms with Gasteiger partial charge in [0.05, 0.1) is 35.5 Å². The molecule has 105 heavy (non-hydrogen) atoms. The van der Waals surface area contributed by atoms with Gasteiger partial charge in [0, 0.05) is 95.8 Å². The molecule has 6 nitrogen and oxygen atoms in total. The van der Waals surface area contributed by atoms with Crippen molar-refractivity contribution in [1.29, 1.82) is 0 Å². The van der Waals surface area contributed by atoms with Crippen molar-refractivity contribution in [2.24, 2.45) is 0 Å². The number of benzene rings is 13. The Morgan fingerprint density at radius 2 is 0.771 bits per heavy atom. The van der Waals surface area contributed by atoms with Crippen LogP contribution in [0.25, 0.3) is 60.1 Å².